The molecule has 0 aromatic rings. The Balaban J connectivity index is 3.14. The maximum atomic E-state index is 10.6. The van der Waals surface area contributed by atoms with Crippen molar-refractivity contribution < 1.29 is 7.77 Å². The van der Waals surface area contributed by atoms with Gasteiger partial charge in [0.15, 0.2) is 0 Å². The Hall–Kier alpha value is 0.0749. The highest BCUT2D eigenvalue weighted by Gasteiger charge is 1.72. The summed E-state index contributed by atoms with van der Waals surface area (Å²) in [5.74, 6) is 0. The SMILES string of the molecule is BN=S(F)F. The molecule has 0 heterocycles. The van der Waals surface area contributed by atoms with Crippen LogP contribution in [0.15, 0.2) is 4.27 Å². The summed E-state index contributed by atoms with van der Waals surface area (Å²) in [7, 11) is 1.09. The first kappa shape index (κ1) is 5.07. The van der Waals surface area contributed by atoms with E-state index in [0.29, 0.717) is 0 Å². The molecule has 0 aliphatic rings. The third kappa shape index (κ3) is 4.07. The molecule has 0 atom stereocenters. The van der Waals surface area contributed by atoms with Crippen LogP contribution >= 0.6 is 0 Å². The molecule has 5 heteroatoms. The van der Waals surface area contributed by atoms with Crippen LogP contribution in [-0.4, -0.2) is 7.98 Å². The van der Waals surface area contributed by atoms with E-state index in [1.54, 1.807) is 0 Å². The third-order valence-corrected chi connectivity index (χ3v) is 0.414. The molecule has 0 rings (SSSR count). The van der Waals surface area contributed by atoms with Gasteiger partial charge in [-0.25, -0.2) is 0 Å². The second kappa shape index (κ2) is 2.32. The summed E-state index contributed by atoms with van der Waals surface area (Å²) in [5.41, 5.74) is 0. The number of halogens is 2. The predicted octanol–water partition coefficient (Wildman–Crippen LogP) is 0.105. The largest absolute Gasteiger partial charge is 0.278 e. The second-order valence-corrected chi connectivity index (χ2v) is 1.14. The Bertz CT molecular complexity index is 47.6. The molecule has 0 radical (unpaired) electrons. The molecule has 30 valence electrons. The lowest BCUT2D eigenvalue weighted by atomic mass is 10.5. The molecule has 0 unspecified atom stereocenters. The molecule has 0 fully saturated rings. The van der Waals surface area contributed by atoms with Crippen molar-refractivity contribution in [3.63, 3.8) is 0 Å². The standard InChI is InChI=1S/BF2H2NS/c1-4-5(2)3/h1H2. The first-order chi connectivity index (χ1) is 2.27. The van der Waals surface area contributed by atoms with E-state index in [1.165, 1.54) is 0 Å². The van der Waals surface area contributed by atoms with Crippen molar-refractivity contribution in [2.45, 2.75) is 0 Å². The number of rotatable bonds is 0. The van der Waals surface area contributed by atoms with Crippen molar-refractivity contribution in [3.8, 4) is 0 Å². The van der Waals surface area contributed by atoms with Gasteiger partial charge in [0.25, 0.3) is 7.98 Å². The Morgan fingerprint density at radius 3 is 1.80 bits per heavy atom. The highest BCUT2D eigenvalue weighted by atomic mass is 32.2. The van der Waals surface area contributed by atoms with E-state index < -0.39 is 11.5 Å². The van der Waals surface area contributed by atoms with Crippen molar-refractivity contribution in [2.75, 3.05) is 0 Å². The summed E-state index contributed by atoms with van der Waals surface area (Å²) in [6.07, 6.45) is 0. The van der Waals surface area contributed by atoms with Crippen LogP contribution in [0.1, 0.15) is 0 Å². The van der Waals surface area contributed by atoms with Gasteiger partial charge in [-0.3, -0.25) is 4.27 Å². The Morgan fingerprint density at radius 2 is 1.80 bits per heavy atom. The van der Waals surface area contributed by atoms with Crippen LogP contribution in [-0.2, 0) is 11.5 Å². The smallest absolute Gasteiger partial charge is 0.260 e. The van der Waals surface area contributed by atoms with Crippen LogP contribution in [0.25, 0.3) is 0 Å². The van der Waals surface area contributed by atoms with Crippen molar-refractivity contribution in [3.05, 3.63) is 0 Å². The fourth-order valence-corrected chi connectivity index (χ4v) is 0. The summed E-state index contributed by atoms with van der Waals surface area (Å²) < 4.78 is 23.8. The molecule has 0 saturated carbocycles. The van der Waals surface area contributed by atoms with Crippen LogP contribution in [0.3, 0.4) is 0 Å². The van der Waals surface area contributed by atoms with Crippen LogP contribution in [0.5, 0.6) is 0 Å². The van der Waals surface area contributed by atoms with Gasteiger partial charge >= 0.3 is 0 Å². The van der Waals surface area contributed by atoms with E-state index in [1.807, 2.05) is 0 Å². The molecule has 1 nitrogen and oxygen atoms in total. The molecule has 0 aromatic heterocycles. The molecule has 0 bridgehead atoms. The second-order valence-electron chi connectivity index (χ2n) is 0.379. The minimum absolute atomic E-state index is 1.09. The van der Waals surface area contributed by atoms with Gasteiger partial charge in [-0.05, 0) is 0 Å². The van der Waals surface area contributed by atoms with E-state index in [0.717, 1.165) is 7.98 Å². The Kier molecular flexibility index (Phi) is 2.36. The third-order valence-electron chi connectivity index (χ3n) is 0.138. The molecular formula is H2BF2NS. The predicted molar refractivity (Wildman–Crippen MR) is 20.6 cm³/mol. The Morgan fingerprint density at radius 1 is 1.60 bits per heavy atom. The highest BCUT2D eigenvalue weighted by molar-refractivity contribution is 7.77. The Labute approximate surface area is 32.5 Å². The van der Waals surface area contributed by atoms with E-state index in [2.05, 4.69) is 4.27 Å². The monoisotopic (exact) mass is 97.0 g/mol. The lowest BCUT2D eigenvalue weighted by Gasteiger charge is -1.65. The average molecular weight is 96.9 g/mol. The topological polar surface area (TPSA) is 12.4 Å². The van der Waals surface area contributed by atoms with Gasteiger partial charge in [0, 0.05) is 0 Å². The van der Waals surface area contributed by atoms with Crippen LogP contribution < -0.4 is 0 Å². The lowest BCUT2D eigenvalue weighted by Crippen LogP contribution is -1.56. The zero-order chi connectivity index (χ0) is 4.28. The van der Waals surface area contributed by atoms with Crippen LogP contribution in [0, 0.1) is 0 Å². The van der Waals surface area contributed by atoms with Gasteiger partial charge in [-0.2, -0.15) is 0 Å². The summed E-state index contributed by atoms with van der Waals surface area (Å²) >= 11 is -2.70. The summed E-state index contributed by atoms with van der Waals surface area (Å²) in [6.45, 7) is 0. The van der Waals surface area contributed by atoms with Gasteiger partial charge in [0.1, 0.15) is 0 Å². The molecule has 0 aromatic carbocycles. The van der Waals surface area contributed by atoms with Gasteiger partial charge < -0.3 is 0 Å². The van der Waals surface area contributed by atoms with Gasteiger partial charge in [-0.1, -0.05) is 0 Å². The maximum Gasteiger partial charge on any atom is 0.260 e. The minimum atomic E-state index is -2.70. The maximum absolute atomic E-state index is 10.6. The minimum Gasteiger partial charge on any atom is -0.278 e. The molecule has 5 heavy (non-hydrogen) atoms. The van der Waals surface area contributed by atoms with E-state index in [-0.39, 0.29) is 0 Å². The molecule has 0 N–H and O–H groups in total. The van der Waals surface area contributed by atoms with Gasteiger partial charge in [0.2, 0.25) is 11.5 Å². The number of nitrogens with zero attached hydrogens (tertiary/aromatic N) is 1. The van der Waals surface area contributed by atoms with Crippen molar-refractivity contribution in [1.82, 2.24) is 0 Å². The first-order valence-corrected chi connectivity index (χ1v) is 1.92. The summed E-state index contributed by atoms with van der Waals surface area (Å²) in [4.78, 5) is 0. The fraction of sp³-hybridized carbons (Fsp3) is 0. The molecule has 0 saturated heterocycles. The van der Waals surface area contributed by atoms with E-state index >= 15 is 0 Å². The zero-order valence-electron chi connectivity index (χ0n) is 2.61. The number of hydrogen-bond acceptors (Lipinski definition) is 1. The van der Waals surface area contributed by atoms with Crippen LogP contribution in [0.2, 0.25) is 0 Å². The van der Waals surface area contributed by atoms with Gasteiger partial charge in [0.05, 0.1) is 0 Å². The lowest BCUT2D eigenvalue weighted by molar-refractivity contribution is 0.788. The van der Waals surface area contributed by atoms with Crippen molar-refractivity contribution in [1.29, 1.82) is 0 Å². The van der Waals surface area contributed by atoms with Crippen molar-refractivity contribution in [2.24, 2.45) is 4.27 Å². The average Bonchev–Trinajstić information content (AvgIpc) is 1.38. The molecular weight excluding hydrogens is 94.9 g/mol. The highest BCUT2D eigenvalue weighted by Crippen LogP contribution is 1.83. The van der Waals surface area contributed by atoms with Crippen molar-refractivity contribution >= 4 is 19.4 Å². The zero-order valence-corrected chi connectivity index (χ0v) is 3.43. The normalized spacial score (nSPS) is 8.60. The quantitative estimate of drug-likeness (QED) is 0.380. The molecule has 0 spiro atoms. The first-order valence-electron chi connectivity index (χ1n) is 0.938. The van der Waals surface area contributed by atoms with Crippen LogP contribution in [0.4, 0.5) is 7.77 Å². The molecule has 0 aliphatic carbocycles. The van der Waals surface area contributed by atoms with E-state index in [9.17, 15) is 7.77 Å². The molecule has 0 amide bonds. The summed E-state index contributed by atoms with van der Waals surface area (Å²) in [5, 5.41) is 0. The summed E-state index contributed by atoms with van der Waals surface area (Å²) in [6, 6.07) is 0. The van der Waals surface area contributed by atoms with Gasteiger partial charge in [-0.15, -0.1) is 7.77 Å². The molecule has 0 aliphatic heterocycles. The number of hydrogen-bond donors (Lipinski definition) is 0. The van der Waals surface area contributed by atoms with E-state index in [4.69, 9.17) is 0 Å². The fourth-order valence-electron chi connectivity index (χ4n) is 0.